The molecule has 10 rings (SSSR count). The molecule has 0 fully saturated rings. The number of rotatable bonds is 4. The Morgan fingerprint density at radius 3 is 1.56 bits per heavy atom. The normalized spacial score (nSPS) is 14.1. The molecule has 0 N–H and O–H groups in total. The minimum absolute atomic E-state index is 0.184. The van der Waals surface area contributed by atoms with Crippen LogP contribution in [0.15, 0.2) is 179 Å². The molecule has 2 heteroatoms. The van der Waals surface area contributed by atoms with E-state index in [2.05, 4.69) is 18.2 Å². The van der Waals surface area contributed by atoms with Crippen LogP contribution >= 0.6 is 0 Å². The highest BCUT2D eigenvalue weighted by molar-refractivity contribution is 6.22. The van der Waals surface area contributed by atoms with Gasteiger partial charge in [0.05, 0.1) is 22.6 Å². The number of hydrogen-bond acceptors (Lipinski definition) is 2. The zero-order valence-electron chi connectivity index (χ0n) is 33.4. The van der Waals surface area contributed by atoms with Gasteiger partial charge in [-0.3, -0.25) is 0 Å². The molecule has 0 aliphatic carbocycles. The van der Waals surface area contributed by atoms with Crippen LogP contribution < -0.4 is 0 Å². The van der Waals surface area contributed by atoms with E-state index in [1.165, 1.54) is 0 Å². The summed E-state index contributed by atoms with van der Waals surface area (Å²) in [5, 5.41) is 3.49. The molecular weight excluding hydrogens is 585 g/mol. The predicted molar refractivity (Wildman–Crippen MR) is 200 cm³/mol. The summed E-state index contributed by atoms with van der Waals surface area (Å²) >= 11 is 0. The fraction of sp³-hybridized carbons (Fsp3) is 0. The maximum atomic E-state index is 9.18. The molecule has 2 heterocycles. The van der Waals surface area contributed by atoms with Gasteiger partial charge in [0.2, 0.25) is 0 Å². The van der Waals surface area contributed by atoms with Crippen LogP contribution in [0, 0.1) is 0 Å². The molecule has 224 valence electrons. The fourth-order valence-corrected chi connectivity index (χ4v) is 7.01. The summed E-state index contributed by atoms with van der Waals surface area (Å²) in [7, 11) is 0. The average molecular weight is 621 g/mol. The Bertz CT molecular complexity index is 3180. The Hall–Kier alpha value is -6.38. The second kappa shape index (κ2) is 10.6. The van der Waals surface area contributed by atoms with Crippen LogP contribution in [-0.4, -0.2) is 0 Å². The van der Waals surface area contributed by atoms with Gasteiger partial charge in [-0.15, -0.1) is 0 Å². The Morgan fingerprint density at radius 1 is 0.417 bits per heavy atom. The van der Waals surface area contributed by atoms with E-state index in [-0.39, 0.29) is 45.7 Å². The number of benzene rings is 8. The van der Waals surface area contributed by atoms with Gasteiger partial charge >= 0.3 is 0 Å². The SMILES string of the molecule is [2H]c1c([2H])c([2H])c2c(-c3ccc(-c4ccc5oc6ccc7c(-c8ccccc8)coc7c6c5c4)cc3)c3c([2H])c([2H])c([2H])c([2H])c3c(-c3ccccc3)c2c1[2H]. The van der Waals surface area contributed by atoms with Crippen LogP contribution in [0.25, 0.3) is 99.0 Å². The number of fused-ring (bicyclic) bond motifs is 7. The van der Waals surface area contributed by atoms with Crippen molar-refractivity contribution in [3.05, 3.63) is 170 Å². The molecule has 0 aliphatic heterocycles. The van der Waals surface area contributed by atoms with Crippen molar-refractivity contribution in [1.29, 1.82) is 0 Å². The average Bonchev–Trinajstić information content (AvgIpc) is 3.84. The van der Waals surface area contributed by atoms with Crippen LogP contribution in [0.2, 0.25) is 0 Å². The first-order valence-electron chi connectivity index (χ1n) is 19.7. The van der Waals surface area contributed by atoms with Crippen LogP contribution in [-0.2, 0) is 0 Å². The van der Waals surface area contributed by atoms with Crippen LogP contribution in [0.4, 0.5) is 0 Å². The Morgan fingerprint density at radius 2 is 0.938 bits per heavy atom. The minimum atomic E-state index is -0.429. The van der Waals surface area contributed by atoms with E-state index >= 15 is 0 Å². The van der Waals surface area contributed by atoms with Gasteiger partial charge in [-0.25, -0.2) is 0 Å². The van der Waals surface area contributed by atoms with E-state index in [9.17, 15) is 2.74 Å². The van der Waals surface area contributed by atoms with E-state index in [1.807, 2.05) is 72.8 Å². The molecule has 0 amide bonds. The van der Waals surface area contributed by atoms with Gasteiger partial charge in [0.15, 0.2) is 0 Å². The monoisotopic (exact) mass is 620 g/mol. The lowest BCUT2D eigenvalue weighted by molar-refractivity contribution is 0.619. The van der Waals surface area contributed by atoms with Crippen molar-refractivity contribution in [2.75, 3.05) is 0 Å². The highest BCUT2D eigenvalue weighted by Crippen LogP contribution is 2.44. The Kier molecular flexibility index (Phi) is 4.41. The van der Waals surface area contributed by atoms with E-state index in [1.54, 1.807) is 30.5 Å². The van der Waals surface area contributed by atoms with Crippen LogP contribution in [0.1, 0.15) is 11.0 Å². The Labute approximate surface area is 288 Å². The third-order valence-corrected chi connectivity index (χ3v) is 9.20. The lowest BCUT2D eigenvalue weighted by Crippen LogP contribution is -1.90. The van der Waals surface area contributed by atoms with Crippen molar-refractivity contribution in [2.24, 2.45) is 0 Å². The first kappa shape index (κ1) is 20.0. The molecule has 0 radical (unpaired) electrons. The molecule has 0 saturated heterocycles. The molecule has 0 saturated carbocycles. The summed E-state index contributed by atoms with van der Waals surface area (Å²) in [5.41, 5.74) is 7.73. The molecular formula is C46H28O2. The van der Waals surface area contributed by atoms with E-state index < -0.39 is 24.2 Å². The van der Waals surface area contributed by atoms with Gasteiger partial charge in [-0.05, 0) is 84.8 Å². The molecule has 48 heavy (non-hydrogen) atoms. The molecule has 2 nitrogen and oxygen atoms in total. The molecule has 0 atom stereocenters. The van der Waals surface area contributed by atoms with Crippen molar-refractivity contribution >= 4 is 54.5 Å². The smallest absolute Gasteiger partial charge is 0.146 e. The Balaban J connectivity index is 1.21. The molecule has 0 aliphatic rings. The van der Waals surface area contributed by atoms with Gasteiger partial charge < -0.3 is 8.83 Å². The number of furan rings is 2. The first-order valence-corrected chi connectivity index (χ1v) is 15.7. The standard InChI is InChI=1S/C46H28O2/c1-3-11-30(12-4-1)40-28-47-46-38(40)24-26-42-45(46)39-27-33(23-25-41(39)48-42)29-19-21-32(22-20-29)44-36-17-9-7-15-34(36)43(31-13-5-2-6-14-31)35-16-8-10-18-37(35)44/h1-28H/i7D,8D,9D,10D,15D,16D,17D,18D. The number of hydrogen-bond donors (Lipinski definition) is 0. The van der Waals surface area contributed by atoms with Crippen LogP contribution in [0.3, 0.4) is 0 Å². The maximum Gasteiger partial charge on any atom is 0.146 e. The van der Waals surface area contributed by atoms with Gasteiger partial charge in [-0.2, -0.15) is 0 Å². The highest BCUT2D eigenvalue weighted by Gasteiger charge is 2.18. The second-order valence-corrected chi connectivity index (χ2v) is 11.8. The second-order valence-electron chi connectivity index (χ2n) is 11.8. The summed E-state index contributed by atoms with van der Waals surface area (Å²) in [4.78, 5) is 0. The quantitative estimate of drug-likeness (QED) is 0.183. The van der Waals surface area contributed by atoms with Gasteiger partial charge in [-0.1, -0.05) is 139 Å². The lowest BCUT2D eigenvalue weighted by atomic mass is 9.86. The molecule has 8 aromatic carbocycles. The van der Waals surface area contributed by atoms with Gasteiger partial charge in [0.25, 0.3) is 0 Å². The summed E-state index contributed by atoms with van der Waals surface area (Å²) in [6, 6.07) is 33.7. The summed E-state index contributed by atoms with van der Waals surface area (Å²) in [5.74, 6) is 0. The lowest BCUT2D eigenvalue weighted by Gasteiger charge is -2.18. The summed E-state index contributed by atoms with van der Waals surface area (Å²) < 4.78 is 83.7. The molecule has 10 aromatic rings. The minimum Gasteiger partial charge on any atom is -0.463 e. The topological polar surface area (TPSA) is 26.3 Å². The zero-order chi connectivity index (χ0) is 38.6. The molecule has 0 unspecified atom stereocenters. The summed E-state index contributed by atoms with van der Waals surface area (Å²) in [6.45, 7) is 0. The van der Waals surface area contributed by atoms with Gasteiger partial charge in [0, 0.05) is 16.3 Å². The third-order valence-electron chi connectivity index (χ3n) is 9.20. The molecule has 2 aromatic heterocycles. The van der Waals surface area contributed by atoms with Crippen molar-refractivity contribution in [3.8, 4) is 44.5 Å². The fourth-order valence-electron chi connectivity index (χ4n) is 7.01. The summed E-state index contributed by atoms with van der Waals surface area (Å²) in [6.07, 6.45) is 1.78. The highest BCUT2D eigenvalue weighted by atomic mass is 16.3. The first-order chi connectivity index (χ1) is 27.1. The zero-order valence-corrected chi connectivity index (χ0v) is 25.4. The van der Waals surface area contributed by atoms with E-state index in [0.717, 1.165) is 44.0 Å². The largest absolute Gasteiger partial charge is 0.463 e. The third kappa shape index (κ3) is 4.06. The van der Waals surface area contributed by atoms with Crippen molar-refractivity contribution in [2.45, 2.75) is 0 Å². The van der Waals surface area contributed by atoms with E-state index in [0.29, 0.717) is 33.4 Å². The molecule has 0 bridgehead atoms. The molecule has 0 spiro atoms. The maximum absolute atomic E-state index is 9.18. The van der Waals surface area contributed by atoms with Crippen LogP contribution in [0.5, 0.6) is 0 Å². The van der Waals surface area contributed by atoms with Crippen molar-refractivity contribution < 1.29 is 19.8 Å². The predicted octanol–water partition coefficient (Wildman–Crippen LogP) is 13.3. The van der Waals surface area contributed by atoms with Gasteiger partial charge in [0.1, 0.15) is 16.7 Å². The van der Waals surface area contributed by atoms with E-state index in [4.69, 9.17) is 17.1 Å². The van der Waals surface area contributed by atoms with Crippen molar-refractivity contribution in [3.63, 3.8) is 0 Å². The van der Waals surface area contributed by atoms with Crippen molar-refractivity contribution in [1.82, 2.24) is 0 Å².